The first-order valence-corrected chi connectivity index (χ1v) is 3.57. The molecule has 2 N–H and O–H groups in total. The van der Waals surface area contributed by atoms with E-state index in [-0.39, 0.29) is 6.07 Å². The van der Waals surface area contributed by atoms with Crippen LogP contribution in [0, 0.1) is 5.82 Å². The molecule has 1 rings (SSSR count). The van der Waals surface area contributed by atoms with Crippen LogP contribution in [-0.4, -0.2) is 16.2 Å². The summed E-state index contributed by atoms with van der Waals surface area (Å²) in [6, 6.07) is 0.614. The molecule has 0 aliphatic carbocycles. The number of hydrogen-bond donors (Lipinski definition) is 2. The van der Waals surface area contributed by atoms with Crippen molar-refractivity contribution < 1.29 is 32.6 Å². The number of carboxylic acids is 1. The lowest BCUT2D eigenvalue weighted by Gasteiger charge is -2.10. The van der Waals surface area contributed by atoms with Crippen molar-refractivity contribution in [3.8, 4) is 5.75 Å². The Morgan fingerprint density at radius 3 is 2.20 bits per heavy atom. The molecule has 0 amide bonds. The molecule has 0 aromatic heterocycles. The minimum absolute atomic E-state index is 0.275. The monoisotopic (exact) mass is 224 g/mol. The van der Waals surface area contributed by atoms with Gasteiger partial charge in [-0.05, 0) is 12.1 Å². The van der Waals surface area contributed by atoms with Crippen molar-refractivity contribution in [2.75, 3.05) is 0 Å². The third-order valence-electron chi connectivity index (χ3n) is 1.65. The first kappa shape index (κ1) is 11.3. The second-order valence-electron chi connectivity index (χ2n) is 2.62. The Balaban J connectivity index is 3.49. The minimum atomic E-state index is -4.93. The molecule has 7 heteroatoms. The largest absolute Gasteiger partial charge is 0.506 e. The zero-order valence-corrected chi connectivity index (χ0v) is 6.97. The van der Waals surface area contributed by atoms with Crippen molar-refractivity contribution in [1.29, 1.82) is 0 Å². The number of carbonyl (C=O) groups is 1. The van der Waals surface area contributed by atoms with Crippen LogP contribution < -0.4 is 0 Å². The van der Waals surface area contributed by atoms with E-state index in [1.165, 1.54) is 0 Å². The van der Waals surface area contributed by atoms with Crippen molar-refractivity contribution in [3.05, 3.63) is 29.1 Å². The Morgan fingerprint density at radius 1 is 1.27 bits per heavy atom. The minimum Gasteiger partial charge on any atom is -0.506 e. The second-order valence-corrected chi connectivity index (χ2v) is 2.62. The standard InChI is InChI=1S/C8H4F4O3/c9-4-2-1-3(8(10,11)12)6(13)5(4)7(14)15/h1-2,13H,(H,14,15). The summed E-state index contributed by atoms with van der Waals surface area (Å²) < 4.78 is 49.2. The average molecular weight is 224 g/mol. The van der Waals surface area contributed by atoms with Gasteiger partial charge in [-0.1, -0.05) is 0 Å². The number of hydrogen-bond acceptors (Lipinski definition) is 2. The second kappa shape index (κ2) is 3.41. The highest BCUT2D eigenvalue weighted by atomic mass is 19.4. The molecule has 1 aromatic rings. The van der Waals surface area contributed by atoms with E-state index in [2.05, 4.69) is 0 Å². The molecule has 0 aliphatic heterocycles. The van der Waals surface area contributed by atoms with Gasteiger partial charge in [0.2, 0.25) is 0 Å². The quantitative estimate of drug-likeness (QED) is 0.719. The first-order valence-electron chi connectivity index (χ1n) is 3.57. The maximum absolute atomic E-state index is 12.8. The Hall–Kier alpha value is -1.79. The SMILES string of the molecule is O=C(O)c1c(F)ccc(C(F)(F)F)c1O. The van der Waals surface area contributed by atoms with E-state index in [1.54, 1.807) is 0 Å². The van der Waals surface area contributed by atoms with Gasteiger partial charge in [-0.15, -0.1) is 0 Å². The summed E-state index contributed by atoms with van der Waals surface area (Å²) in [6.45, 7) is 0. The zero-order chi connectivity index (χ0) is 11.8. The van der Waals surface area contributed by atoms with E-state index >= 15 is 0 Å². The summed E-state index contributed by atoms with van der Waals surface area (Å²) >= 11 is 0. The summed E-state index contributed by atoms with van der Waals surface area (Å²) in [5, 5.41) is 17.3. The third-order valence-corrected chi connectivity index (χ3v) is 1.65. The van der Waals surface area contributed by atoms with Crippen LogP contribution in [-0.2, 0) is 6.18 Å². The van der Waals surface area contributed by atoms with Crippen LogP contribution >= 0.6 is 0 Å². The number of rotatable bonds is 1. The predicted octanol–water partition coefficient (Wildman–Crippen LogP) is 2.25. The molecule has 0 atom stereocenters. The van der Waals surface area contributed by atoms with Gasteiger partial charge in [0.15, 0.2) is 0 Å². The molecule has 0 bridgehead atoms. The fraction of sp³-hybridized carbons (Fsp3) is 0.125. The van der Waals surface area contributed by atoms with Crippen molar-refractivity contribution in [2.45, 2.75) is 6.18 Å². The van der Waals surface area contributed by atoms with Gasteiger partial charge in [0, 0.05) is 0 Å². The van der Waals surface area contributed by atoms with Crippen molar-refractivity contribution in [3.63, 3.8) is 0 Å². The summed E-state index contributed by atoms with van der Waals surface area (Å²) in [5.74, 6) is -5.00. The highest BCUT2D eigenvalue weighted by molar-refractivity contribution is 5.91. The molecule has 1 aromatic carbocycles. The molecular formula is C8H4F4O3. The van der Waals surface area contributed by atoms with Crippen LogP contribution in [0.3, 0.4) is 0 Å². The lowest BCUT2D eigenvalue weighted by molar-refractivity contribution is -0.138. The summed E-state index contributed by atoms with van der Waals surface area (Å²) in [5.41, 5.74) is -2.97. The molecule has 0 fully saturated rings. The lowest BCUT2D eigenvalue weighted by Crippen LogP contribution is -2.10. The summed E-state index contributed by atoms with van der Waals surface area (Å²) in [7, 11) is 0. The van der Waals surface area contributed by atoms with Gasteiger partial charge in [0.1, 0.15) is 17.1 Å². The maximum atomic E-state index is 12.8. The Bertz CT molecular complexity index is 411. The number of alkyl halides is 3. The third kappa shape index (κ3) is 2.00. The molecule has 82 valence electrons. The van der Waals surface area contributed by atoms with Gasteiger partial charge in [0.05, 0.1) is 5.56 Å². The highest BCUT2D eigenvalue weighted by Gasteiger charge is 2.36. The fourth-order valence-electron chi connectivity index (χ4n) is 0.999. The zero-order valence-electron chi connectivity index (χ0n) is 6.97. The van der Waals surface area contributed by atoms with Crippen molar-refractivity contribution in [1.82, 2.24) is 0 Å². The fourth-order valence-corrected chi connectivity index (χ4v) is 0.999. The van der Waals surface area contributed by atoms with Crippen molar-refractivity contribution >= 4 is 5.97 Å². The number of benzene rings is 1. The van der Waals surface area contributed by atoms with Crippen LogP contribution in [0.1, 0.15) is 15.9 Å². The van der Waals surface area contributed by atoms with E-state index in [0.717, 1.165) is 0 Å². The molecular weight excluding hydrogens is 220 g/mol. The molecule has 0 heterocycles. The molecule has 0 radical (unpaired) electrons. The van der Waals surface area contributed by atoms with E-state index < -0.39 is 34.8 Å². The normalized spacial score (nSPS) is 11.5. The number of carboxylic acid groups (broad SMARTS) is 1. The van der Waals surface area contributed by atoms with Crippen molar-refractivity contribution in [2.24, 2.45) is 0 Å². The van der Waals surface area contributed by atoms with Crippen LogP contribution in [0.4, 0.5) is 17.6 Å². The molecule has 0 spiro atoms. The molecule has 15 heavy (non-hydrogen) atoms. The Kier molecular flexibility index (Phi) is 2.57. The molecule has 0 aliphatic rings. The van der Waals surface area contributed by atoms with E-state index in [4.69, 9.17) is 10.2 Å². The molecule has 3 nitrogen and oxygen atoms in total. The predicted molar refractivity (Wildman–Crippen MR) is 40.0 cm³/mol. The number of phenols is 1. The maximum Gasteiger partial charge on any atom is 0.419 e. The Labute approximate surface area is 80.6 Å². The first-order chi connectivity index (χ1) is 6.75. The van der Waals surface area contributed by atoms with Gasteiger partial charge in [-0.2, -0.15) is 13.2 Å². The number of aromatic carboxylic acids is 1. The number of aromatic hydroxyl groups is 1. The molecule has 0 saturated carbocycles. The molecule has 0 unspecified atom stereocenters. The number of halogens is 4. The highest BCUT2D eigenvalue weighted by Crippen LogP contribution is 2.38. The van der Waals surface area contributed by atoms with Gasteiger partial charge < -0.3 is 10.2 Å². The topological polar surface area (TPSA) is 57.5 Å². The van der Waals surface area contributed by atoms with Gasteiger partial charge >= 0.3 is 12.1 Å². The van der Waals surface area contributed by atoms with E-state index in [1.807, 2.05) is 0 Å². The smallest absolute Gasteiger partial charge is 0.419 e. The van der Waals surface area contributed by atoms with Gasteiger partial charge in [0.25, 0.3) is 0 Å². The van der Waals surface area contributed by atoms with Gasteiger partial charge in [-0.3, -0.25) is 0 Å². The average Bonchev–Trinajstić information content (AvgIpc) is 2.00. The van der Waals surface area contributed by atoms with Gasteiger partial charge in [-0.25, -0.2) is 9.18 Å². The van der Waals surface area contributed by atoms with E-state index in [0.29, 0.717) is 6.07 Å². The van der Waals surface area contributed by atoms with E-state index in [9.17, 15) is 22.4 Å². The van der Waals surface area contributed by atoms with Crippen LogP contribution in [0.15, 0.2) is 12.1 Å². The van der Waals surface area contributed by atoms with Crippen LogP contribution in [0.25, 0.3) is 0 Å². The molecule has 0 saturated heterocycles. The van der Waals surface area contributed by atoms with Crippen LogP contribution in [0.2, 0.25) is 0 Å². The van der Waals surface area contributed by atoms with Crippen LogP contribution in [0.5, 0.6) is 5.75 Å². The summed E-state index contributed by atoms with van der Waals surface area (Å²) in [4.78, 5) is 10.4. The summed E-state index contributed by atoms with van der Waals surface area (Å²) in [6.07, 6.45) is -4.93. The lowest BCUT2D eigenvalue weighted by atomic mass is 10.1. The Morgan fingerprint density at radius 2 is 1.80 bits per heavy atom.